The molecule has 0 spiro atoms. The van der Waals surface area contributed by atoms with E-state index in [-0.39, 0.29) is 0 Å². The number of aromatic hydroxyl groups is 1. The third-order valence-corrected chi connectivity index (χ3v) is 3.14. The number of rotatable bonds is 3. The number of phenolic OH excluding ortho intramolecular Hbond substituents is 1. The second-order valence-electron chi connectivity index (χ2n) is 4.60. The zero-order valence-corrected chi connectivity index (χ0v) is 11.0. The van der Waals surface area contributed by atoms with Gasteiger partial charge in [0.1, 0.15) is 11.5 Å². The van der Waals surface area contributed by atoms with E-state index in [0.717, 1.165) is 23.3 Å². The summed E-state index contributed by atoms with van der Waals surface area (Å²) in [7, 11) is 1.69. The number of benzene rings is 2. The van der Waals surface area contributed by atoms with Crippen LogP contribution >= 0.6 is 0 Å². The lowest BCUT2D eigenvalue weighted by atomic mass is 10.0. The molecule has 18 heavy (non-hydrogen) atoms. The van der Waals surface area contributed by atoms with Crippen LogP contribution in [-0.4, -0.2) is 12.2 Å². The maximum absolute atomic E-state index is 9.51. The van der Waals surface area contributed by atoms with E-state index >= 15 is 0 Å². The van der Waals surface area contributed by atoms with E-state index in [4.69, 9.17) is 4.74 Å². The number of methoxy groups -OCH3 is 1. The van der Waals surface area contributed by atoms with Crippen LogP contribution in [0.2, 0.25) is 0 Å². The predicted molar refractivity (Wildman–Crippen MR) is 73.4 cm³/mol. The highest BCUT2D eigenvalue weighted by molar-refractivity contribution is 5.41. The zero-order valence-electron chi connectivity index (χ0n) is 11.0. The molecule has 1 N–H and O–H groups in total. The van der Waals surface area contributed by atoms with Gasteiger partial charge in [-0.1, -0.05) is 24.3 Å². The summed E-state index contributed by atoms with van der Waals surface area (Å²) in [6, 6.07) is 12.0. The molecule has 0 aliphatic rings. The highest BCUT2D eigenvalue weighted by atomic mass is 16.5. The minimum Gasteiger partial charge on any atom is -0.508 e. The van der Waals surface area contributed by atoms with Gasteiger partial charge in [-0.2, -0.15) is 0 Å². The fourth-order valence-corrected chi connectivity index (χ4v) is 2.04. The minimum absolute atomic E-state index is 0.347. The molecule has 0 unspecified atom stereocenters. The van der Waals surface area contributed by atoms with E-state index in [2.05, 4.69) is 18.2 Å². The SMILES string of the molecule is COc1cc(Cc2ccc(O)c(C)c2)ccc1C. The Morgan fingerprint density at radius 3 is 2.28 bits per heavy atom. The number of ether oxygens (including phenoxy) is 1. The largest absolute Gasteiger partial charge is 0.508 e. The van der Waals surface area contributed by atoms with Crippen LogP contribution in [0.15, 0.2) is 36.4 Å². The third-order valence-electron chi connectivity index (χ3n) is 3.14. The molecule has 0 heterocycles. The average molecular weight is 242 g/mol. The quantitative estimate of drug-likeness (QED) is 0.891. The van der Waals surface area contributed by atoms with Crippen molar-refractivity contribution >= 4 is 0 Å². The van der Waals surface area contributed by atoms with Crippen molar-refractivity contribution in [3.05, 3.63) is 58.7 Å². The Kier molecular flexibility index (Phi) is 3.56. The van der Waals surface area contributed by atoms with Crippen molar-refractivity contribution < 1.29 is 9.84 Å². The maximum Gasteiger partial charge on any atom is 0.122 e. The minimum atomic E-state index is 0.347. The summed E-state index contributed by atoms with van der Waals surface area (Å²) in [5.74, 6) is 1.27. The Morgan fingerprint density at radius 1 is 0.944 bits per heavy atom. The molecule has 0 bridgehead atoms. The molecule has 0 saturated carbocycles. The molecular weight excluding hydrogens is 224 g/mol. The summed E-state index contributed by atoms with van der Waals surface area (Å²) in [5, 5.41) is 9.51. The van der Waals surface area contributed by atoms with Gasteiger partial charge in [-0.15, -0.1) is 0 Å². The van der Waals surface area contributed by atoms with Crippen LogP contribution in [0.3, 0.4) is 0 Å². The molecule has 2 nitrogen and oxygen atoms in total. The van der Waals surface area contributed by atoms with Crippen LogP contribution < -0.4 is 4.74 Å². The monoisotopic (exact) mass is 242 g/mol. The van der Waals surface area contributed by atoms with E-state index in [1.54, 1.807) is 13.2 Å². The van der Waals surface area contributed by atoms with Gasteiger partial charge in [0.05, 0.1) is 7.11 Å². The Balaban J connectivity index is 2.25. The average Bonchev–Trinajstić information content (AvgIpc) is 2.36. The highest BCUT2D eigenvalue weighted by Crippen LogP contribution is 2.23. The van der Waals surface area contributed by atoms with Gasteiger partial charge in [-0.05, 0) is 54.7 Å². The molecule has 94 valence electrons. The normalized spacial score (nSPS) is 10.4. The van der Waals surface area contributed by atoms with Crippen LogP contribution in [0.4, 0.5) is 0 Å². The first-order valence-corrected chi connectivity index (χ1v) is 6.02. The first kappa shape index (κ1) is 12.5. The van der Waals surface area contributed by atoms with Gasteiger partial charge in [-0.3, -0.25) is 0 Å². The van der Waals surface area contributed by atoms with Gasteiger partial charge < -0.3 is 9.84 Å². The summed E-state index contributed by atoms with van der Waals surface area (Å²) in [5.41, 5.74) is 4.45. The molecule has 0 amide bonds. The Morgan fingerprint density at radius 2 is 1.61 bits per heavy atom. The summed E-state index contributed by atoms with van der Waals surface area (Å²) < 4.78 is 5.33. The molecule has 0 aromatic heterocycles. The Bertz CT molecular complexity index is 559. The first-order chi connectivity index (χ1) is 8.60. The predicted octanol–water partition coefficient (Wildman–Crippen LogP) is 3.61. The molecule has 0 aliphatic carbocycles. The van der Waals surface area contributed by atoms with Crippen LogP contribution in [-0.2, 0) is 6.42 Å². The van der Waals surface area contributed by atoms with Gasteiger partial charge in [0, 0.05) is 0 Å². The number of aryl methyl sites for hydroxylation is 2. The molecule has 2 rings (SSSR count). The highest BCUT2D eigenvalue weighted by Gasteiger charge is 2.03. The molecule has 2 heteroatoms. The summed E-state index contributed by atoms with van der Waals surface area (Å²) in [4.78, 5) is 0. The van der Waals surface area contributed by atoms with E-state index in [1.807, 2.05) is 26.0 Å². The van der Waals surface area contributed by atoms with Crippen molar-refractivity contribution in [3.8, 4) is 11.5 Å². The second kappa shape index (κ2) is 5.13. The first-order valence-electron chi connectivity index (χ1n) is 6.02. The Labute approximate surface area is 108 Å². The fourth-order valence-electron chi connectivity index (χ4n) is 2.04. The second-order valence-corrected chi connectivity index (χ2v) is 4.60. The third kappa shape index (κ3) is 2.65. The molecule has 0 saturated heterocycles. The van der Waals surface area contributed by atoms with Crippen LogP contribution in [0, 0.1) is 13.8 Å². The van der Waals surface area contributed by atoms with Crippen molar-refractivity contribution in [2.45, 2.75) is 20.3 Å². The topological polar surface area (TPSA) is 29.5 Å². The van der Waals surface area contributed by atoms with Gasteiger partial charge in [0.2, 0.25) is 0 Å². The zero-order chi connectivity index (χ0) is 13.1. The lowest BCUT2D eigenvalue weighted by Gasteiger charge is -2.08. The van der Waals surface area contributed by atoms with Crippen LogP contribution in [0.1, 0.15) is 22.3 Å². The van der Waals surface area contributed by atoms with Crippen molar-refractivity contribution in [2.75, 3.05) is 7.11 Å². The van der Waals surface area contributed by atoms with Crippen molar-refractivity contribution in [1.82, 2.24) is 0 Å². The summed E-state index contributed by atoms with van der Waals surface area (Å²) >= 11 is 0. The molecule has 0 radical (unpaired) electrons. The van der Waals surface area contributed by atoms with Gasteiger partial charge in [0.15, 0.2) is 0 Å². The van der Waals surface area contributed by atoms with E-state index in [9.17, 15) is 5.11 Å². The molecule has 2 aromatic rings. The standard InChI is InChI=1S/C16H18O2/c1-11-4-5-14(10-16(11)18-3)9-13-6-7-15(17)12(2)8-13/h4-8,10,17H,9H2,1-3H3. The van der Waals surface area contributed by atoms with Crippen LogP contribution in [0.5, 0.6) is 11.5 Å². The summed E-state index contributed by atoms with van der Waals surface area (Å²) in [6.07, 6.45) is 0.845. The fraction of sp³-hybridized carbons (Fsp3) is 0.250. The molecule has 0 atom stereocenters. The molecule has 2 aromatic carbocycles. The van der Waals surface area contributed by atoms with Crippen LogP contribution in [0.25, 0.3) is 0 Å². The number of hydrogen-bond donors (Lipinski definition) is 1. The van der Waals surface area contributed by atoms with E-state index < -0.39 is 0 Å². The van der Waals surface area contributed by atoms with Crippen molar-refractivity contribution in [1.29, 1.82) is 0 Å². The lowest BCUT2D eigenvalue weighted by molar-refractivity contribution is 0.411. The smallest absolute Gasteiger partial charge is 0.122 e. The van der Waals surface area contributed by atoms with Crippen molar-refractivity contribution in [3.63, 3.8) is 0 Å². The maximum atomic E-state index is 9.51. The molecule has 0 aliphatic heterocycles. The Hall–Kier alpha value is -1.96. The number of phenols is 1. The van der Waals surface area contributed by atoms with E-state index in [1.165, 1.54) is 11.1 Å². The molecular formula is C16H18O2. The van der Waals surface area contributed by atoms with E-state index in [0.29, 0.717) is 5.75 Å². The van der Waals surface area contributed by atoms with Gasteiger partial charge in [-0.25, -0.2) is 0 Å². The van der Waals surface area contributed by atoms with Gasteiger partial charge in [0.25, 0.3) is 0 Å². The lowest BCUT2D eigenvalue weighted by Crippen LogP contribution is -1.93. The molecule has 0 fully saturated rings. The number of hydrogen-bond acceptors (Lipinski definition) is 2. The summed E-state index contributed by atoms with van der Waals surface area (Å²) in [6.45, 7) is 3.95. The van der Waals surface area contributed by atoms with Crippen molar-refractivity contribution in [2.24, 2.45) is 0 Å². The van der Waals surface area contributed by atoms with Gasteiger partial charge >= 0.3 is 0 Å².